The second-order valence-electron chi connectivity index (χ2n) is 5.83. The van der Waals surface area contributed by atoms with Crippen molar-refractivity contribution in [3.63, 3.8) is 0 Å². The SMILES string of the molecule is CC(C)Oc1ccc(C(=O)N2[C@@H]3CC[C@@H]2COC3)cc1. The molecule has 4 nitrogen and oxygen atoms in total. The molecule has 0 aliphatic carbocycles. The third-order valence-electron chi connectivity index (χ3n) is 3.95. The van der Waals surface area contributed by atoms with Gasteiger partial charge in [0.15, 0.2) is 0 Å². The van der Waals surface area contributed by atoms with Crippen molar-refractivity contribution in [2.24, 2.45) is 0 Å². The maximum absolute atomic E-state index is 12.6. The Labute approximate surface area is 119 Å². The number of carbonyl (C=O) groups is 1. The Bertz CT molecular complexity index is 467. The Balaban J connectivity index is 1.74. The summed E-state index contributed by atoms with van der Waals surface area (Å²) < 4.78 is 11.1. The highest BCUT2D eigenvalue weighted by Gasteiger charge is 2.40. The summed E-state index contributed by atoms with van der Waals surface area (Å²) in [4.78, 5) is 14.6. The van der Waals surface area contributed by atoms with Crippen LogP contribution in [-0.2, 0) is 4.74 Å². The molecule has 0 unspecified atom stereocenters. The molecule has 1 aromatic carbocycles. The molecule has 2 fully saturated rings. The molecule has 1 amide bonds. The monoisotopic (exact) mass is 275 g/mol. The molecular weight excluding hydrogens is 254 g/mol. The van der Waals surface area contributed by atoms with Crippen molar-refractivity contribution in [3.8, 4) is 5.75 Å². The highest BCUT2D eigenvalue weighted by molar-refractivity contribution is 5.95. The second kappa shape index (κ2) is 5.44. The first-order chi connectivity index (χ1) is 9.65. The van der Waals surface area contributed by atoms with Crippen LogP contribution in [-0.4, -0.2) is 42.2 Å². The number of hydrogen-bond acceptors (Lipinski definition) is 3. The van der Waals surface area contributed by atoms with Crippen LogP contribution >= 0.6 is 0 Å². The maximum Gasteiger partial charge on any atom is 0.254 e. The van der Waals surface area contributed by atoms with Crippen LogP contribution in [0, 0.1) is 0 Å². The molecule has 0 saturated carbocycles. The molecule has 3 rings (SSSR count). The fourth-order valence-corrected chi connectivity index (χ4v) is 3.06. The van der Waals surface area contributed by atoms with Gasteiger partial charge < -0.3 is 14.4 Å². The molecule has 2 saturated heterocycles. The minimum absolute atomic E-state index is 0.122. The number of rotatable bonds is 3. The van der Waals surface area contributed by atoms with E-state index in [0.717, 1.165) is 24.2 Å². The van der Waals surface area contributed by atoms with E-state index in [1.54, 1.807) is 0 Å². The normalized spacial score (nSPS) is 25.1. The lowest BCUT2D eigenvalue weighted by molar-refractivity contribution is -0.00715. The van der Waals surface area contributed by atoms with Crippen molar-refractivity contribution < 1.29 is 14.3 Å². The van der Waals surface area contributed by atoms with Crippen LogP contribution in [0.3, 0.4) is 0 Å². The zero-order chi connectivity index (χ0) is 14.1. The summed E-state index contributed by atoms with van der Waals surface area (Å²) in [6.45, 7) is 5.34. The molecule has 0 aromatic heterocycles. The summed E-state index contributed by atoms with van der Waals surface area (Å²) in [5.74, 6) is 0.929. The highest BCUT2D eigenvalue weighted by Crippen LogP contribution is 2.30. The summed E-state index contributed by atoms with van der Waals surface area (Å²) in [7, 11) is 0. The van der Waals surface area contributed by atoms with Crippen LogP contribution in [0.4, 0.5) is 0 Å². The third kappa shape index (κ3) is 2.52. The smallest absolute Gasteiger partial charge is 0.254 e. The number of hydrogen-bond donors (Lipinski definition) is 0. The van der Waals surface area contributed by atoms with Gasteiger partial charge in [-0.2, -0.15) is 0 Å². The van der Waals surface area contributed by atoms with Crippen LogP contribution in [0.15, 0.2) is 24.3 Å². The van der Waals surface area contributed by atoms with Crippen LogP contribution in [0.5, 0.6) is 5.75 Å². The Kier molecular flexibility index (Phi) is 3.66. The van der Waals surface area contributed by atoms with Gasteiger partial charge in [0.1, 0.15) is 5.75 Å². The molecule has 0 spiro atoms. The third-order valence-corrected chi connectivity index (χ3v) is 3.95. The number of fused-ring (bicyclic) bond motifs is 2. The standard InChI is InChI=1S/C16H21NO3/c1-11(2)20-15-7-3-12(4-8-15)16(18)17-13-5-6-14(17)10-19-9-13/h3-4,7-8,11,13-14H,5-6,9-10H2,1-2H3/t13-,14-/m1/s1. The van der Waals surface area contributed by atoms with Crippen molar-refractivity contribution in [2.75, 3.05) is 13.2 Å². The van der Waals surface area contributed by atoms with Crippen molar-refractivity contribution in [1.82, 2.24) is 4.90 Å². The van der Waals surface area contributed by atoms with E-state index in [9.17, 15) is 4.79 Å². The van der Waals surface area contributed by atoms with Crippen molar-refractivity contribution >= 4 is 5.91 Å². The molecule has 1 aromatic rings. The van der Waals surface area contributed by atoms with E-state index in [4.69, 9.17) is 9.47 Å². The average Bonchev–Trinajstić information content (AvgIpc) is 2.67. The summed E-state index contributed by atoms with van der Waals surface area (Å²) in [6.07, 6.45) is 2.27. The van der Waals surface area contributed by atoms with Gasteiger partial charge in [-0.25, -0.2) is 0 Å². The van der Waals surface area contributed by atoms with Crippen molar-refractivity contribution in [2.45, 2.75) is 44.9 Å². The average molecular weight is 275 g/mol. The van der Waals surface area contributed by atoms with E-state index < -0.39 is 0 Å². The minimum Gasteiger partial charge on any atom is -0.491 e. The molecule has 108 valence electrons. The van der Waals surface area contributed by atoms with E-state index >= 15 is 0 Å². The maximum atomic E-state index is 12.6. The number of amides is 1. The van der Waals surface area contributed by atoms with Gasteiger partial charge in [-0.05, 0) is 51.0 Å². The second-order valence-corrected chi connectivity index (χ2v) is 5.83. The minimum atomic E-state index is 0.122. The van der Waals surface area contributed by atoms with Gasteiger partial charge in [-0.15, -0.1) is 0 Å². The Hall–Kier alpha value is -1.55. The van der Waals surface area contributed by atoms with Crippen LogP contribution < -0.4 is 4.74 Å². The molecule has 20 heavy (non-hydrogen) atoms. The van der Waals surface area contributed by atoms with Gasteiger partial charge in [-0.3, -0.25) is 4.79 Å². The molecule has 2 atom stereocenters. The first-order valence-corrected chi connectivity index (χ1v) is 7.32. The number of ether oxygens (including phenoxy) is 2. The fraction of sp³-hybridized carbons (Fsp3) is 0.562. The molecule has 2 heterocycles. The lowest BCUT2D eigenvalue weighted by atomic mass is 10.1. The van der Waals surface area contributed by atoms with Gasteiger partial charge in [0.25, 0.3) is 5.91 Å². The van der Waals surface area contributed by atoms with Gasteiger partial charge in [0, 0.05) is 5.56 Å². The summed E-state index contributed by atoms with van der Waals surface area (Å²) in [5, 5.41) is 0. The number of carbonyl (C=O) groups excluding carboxylic acids is 1. The van der Waals surface area contributed by atoms with Crippen LogP contribution in [0.1, 0.15) is 37.0 Å². The van der Waals surface area contributed by atoms with E-state index in [0.29, 0.717) is 13.2 Å². The zero-order valence-corrected chi connectivity index (χ0v) is 12.0. The topological polar surface area (TPSA) is 38.8 Å². The van der Waals surface area contributed by atoms with E-state index in [1.807, 2.05) is 43.0 Å². The van der Waals surface area contributed by atoms with Crippen molar-refractivity contribution in [3.05, 3.63) is 29.8 Å². The quantitative estimate of drug-likeness (QED) is 0.850. The first-order valence-electron chi connectivity index (χ1n) is 7.32. The molecule has 2 aliphatic rings. The Morgan fingerprint density at radius 2 is 1.80 bits per heavy atom. The highest BCUT2D eigenvalue weighted by atomic mass is 16.5. The largest absolute Gasteiger partial charge is 0.491 e. The van der Waals surface area contributed by atoms with Gasteiger partial charge in [-0.1, -0.05) is 0 Å². The predicted octanol–water partition coefficient (Wildman–Crippen LogP) is 2.48. The summed E-state index contributed by atoms with van der Waals surface area (Å²) >= 11 is 0. The van der Waals surface area contributed by atoms with E-state index in [2.05, 4.69) is 0 Å². The predicted molar refractivity (Wildman–Crippen MR) is 76.0 cm³/mol. The molecule has 4 heteroatoms. The van der Waals surface area contributed by atoms with E-state index in [-0.39, 0.29) is 24.1 Å². The van der Waals surface area contributed by atoms with Crippen LogP contribution in [0.2, 0.25) is 0 Å². The summed E-state index contributed by atoms with van der Waals surface area (Å²) in [6, 6.07) is 7.97. The number of benzene rings is 1. The number of morpholine rings is 1. The molecule has 0 N–H and O–H groups in total. The van der Waals surface area contributed by atoms with Gasteiger partial charge in [0.2, 0.25) is 0 Å². The Morgan fingerprint density at radius 3 is 2.35 bits per heavy atom. The Morgan fingerprint density at radius 1 is 1.20 bits per heavy atom. The summed E-state index contributed by atoms with van der Waals surface area (Å²) in [5.41, 5.74) is 0.736. The molecular formula is C16H21NO3. The lowest BCUT2D eigenvalue weighted by Gasteiger charge is -2.34. The molecule has 2 bridgehead atoms. The number of nitrogens with zero attached hydrogens (tertiary/aromatic N) is 1. The van der Waals surface area contributed by atoms with E-state index in [1.165, 1.54) is 0 Å². The fourth-order valence-electron chi connectivity index (χ4n) is 3.06. The zero-order valence-electron chi connectivity index (χ0n) is 12.0. The molecule has 0 radical (unpaired) electrons. The van der Waals surface area contributed by atoms with Crippen LogP contribution in [0.25, 0.3) is 0 Å². The molecule has 2 aliphatic heterocycles. The lowest BCUT2D eigenvalue weighted by Crippen LogP contribution is -2.49. The first kappa shape index (κ1) is 13.4. The van der Waals surface area contributed by atoms with Gasteiger partial charge >= 0.3 is 0 Å². The van der Waals surface area contributed by atoms with Gasteiger partial charge in [0.05, 0.1) is 31.4 Å². The van der Waals surface area contributed by atoms with Crippen molar-refractivity contribution in [1.29, 1.82) is 0 Å².